The first-order valence-electron chi connectivity index (χ1n) is 10.9. The summed E-state index contributed by atoms with van der Waals surface area (Å²) >= 11 is 0.845. The number of carbonyl (C=O) groups excluding carboxylic acids is 2. The van der Waals surface area contributed by atoms with Crippen molar-refractivity contribution < 1.29 is 31.7 Å². The van der Waals surface area contributed by atoms with Gasteiger partial charge in [-0.15, -0.1) is 0 Å². The first-order valence-corrected chi connectivity index (χ1v) is 13.1. The first kappa shape index (κ1) is 25.3. The van der Waals surface area contributed by atoms with Crippen LogP contribution in [-0.4, -0.2) is 44.7 Å². The van der Waals surface area contributed by atoms with Gasteiger partial charge in [0, 0.05) is 0 Å². The Bertz CT molecular complexity index is 1380. The molecule has 0 N–H and O–H groups in total. The van der Waals surface area contributed by atoms with Crippen molar-refractivity contribution in [2.24, 2.45) is 0 Å². The Balaban J connectivity index is 1.37. The van der Waals surface area contributed by atoms with Gasteiger partial charge >= 0.3 is 10.1 Å². The van der Waals surface area contributed by atoms with Crippen LogP contribution in [-0.2, 0) is 14.9 Å². The van der Waals surface area contributed by atoms with E-state index in [2.05, 4.69) is 0 Å². The minimum atomic E-state index is -4.02. The van der Waals surface area contributed by atoms with Crippen molar-refractivity contribution >= 4 is 39.1 Å². The molecule has 0 radical (unpaired) electrons. The molecule has 1 aliphatic rings. The zero-order valence-electron chi connectivity index (χ0n) is 19.5. The van der Waals surface area contributed by atoms with Crippen molar-refractivity contribution in [1.29, 1.82) is 0 Å². The van der Waals surface area contributed by atoms with Crippen molar-refractivity contribution in [1.82, 2.24) is 4.90 Å². The highest BCUT2D eigenvalue weighted by molar-refractivity contribution is 8.18. The Morgan fingerprint density at radius 2 is 1.47 bits per heavy atom. The minimum Gasteiger partial charge on any atom is -0.497 e. The summed E-state index contributed by atoms with van der Waals surface area (Å²) in [7, 11) is -2.53. The molecule has 1 heterocycles. The normalized spacial score (nSPS) is 14.8. The monoisotopic (exact) mass is 525 g/mol. The van der Waals surface area contributed by atoms with Gasteiger partial charge in [0.1, 0.15) is 28.8 Å². The first-order chi connectivity index (χ1) is 17.2. The number of thioether (sulfide) groups is 1. The molecule has 3 aromatic carbocycles. The quantitative estimate of drug-likeness (QED) is 0.288. The van der Waals surface area contributed by atoms with Gasteiger partial charge in [-0.2, -0.15) is 8.42 Å². The van der Waals surface area contributed by atoms with Crippen LogP contribution >= 0.6 is 11.8 Å². The number of hydrogen-bond acceptors (Lipinski definition) is 8. The van der Waals surface area contributed by atoms with Gasteiger partial charge in [-0.25, -0.2) is 0 Å². The summed E-state index contributed by atoms with van der Waals surface area (Å²) in [5, 5.41) is -0.371. The van der Waals surface area contributed by atoms with E-state index in [-0.39, 0.29) is 33.9 Å². The lowest BCUT2D eigenvalue weighted by Crippen LogP contribution is -2.32. The van der Waals surface area contributed by atoms with Crippen LogP contribution in [0, 0.1) is 6.92 Å². The molecule has 0 aliphatic carbocycles. The van der Waals surface area contributed by atoms with Gasteiger partial charge in [0.15, 0.2) is 0 Å². The van der Waals surface area contributed by atoms with Gasteiger partial charge in [0.25, 0.3) is 11.1 Å². The molecule has 0 saturated carbocycles. The zero-order valence-corrected chi connectivity index (χ0v) is 21.2. The van der Waals surface area contributed by atoms with Crippen LogP contribution < -0.4 is 13.7 Å². The summed E-state index contributed by atoms with van der Waals surface area (Å²) in [5.41, 5.74) is 1.72. The number of aryl methyl sites for hydroxylation is 1. The average Bonchev–Trinajstić information content (AvgIpc) is 3.13. The van der Waals surface area contributed by atoms with E-state index in [0.29, 0.717) is 17.1 Å². The Labute approximate surface area is 213 Å². The maximum absolute atomic E-state index is 12.7. The third kappa shape index (κ3) is 6.07. The van der Waals surface area contributed by atoms with Gasteiger partial charge in [-0.1, -0.05) is 29.8 Å². The number of rotatable bonds is 9. The van der Waals surface area contributed by atoms with Gasteiger partial charge < -0.3 is 13.7 Å². The fraction of sp³-hybridized carbons (Fsp3) is 0.154. The van der Waals surface area contributed by atoms with Gasteiger partial charge in [-0.05, 0) is 78.9 Å². The van der Waals surface area contributed by atoms with Gasteiger partial charge in [-0.3, -0.25) is 14.5 Å². The molecular formula is C26H23NO7S2. The molecule has 1 saturated heterocycles. The van der Waals surface area contributed by atoms with E-state index in [4.69, 9.17) is 13.7 Å². The molecule has 0 atom stereocenters. The largest absolute Gasteiger partial charge is 0.497 e. The topological polar surface area (TPSA) is 99.2 Å². The molecule has 1 aliphatic heterocycles. The molecule has 2 amide bonds. The Hall–Kier alpha value is -3.76. The second-order valence-corrected chi connectivity index (χ2v) is 10.3. The van der Waals surface area contributed by atoms with E-state index in [1.165, 1.54) is 43.5 Å². The molecule has 1 fully saturated rings. The molecule has 4 rings (SSSR count). The predicted octanol–water partition coefficient (Wildman–Crippen LogP) is 4.89. The van der Waals surface area contributed by atoms with Crippen LogP contribution in [0.5, 0.6) is 17.2 Å². The van der Waals surface area contributed by atoms with Crippen molar-refractivity contribution in [2.45, 2.75) is 11.8 Å². The number of nitrogens with zero attached hydrogens (tertiary/aromatic N) is 1. The molecule has 186 valence electrons. The van der Waals surface area contributed by atoms with Crippen LogP contribution in [0.1, 0.15) is 11.1 Å². The van der Waals surface area contributed by atoms with E-state index < -0.39 is 16.0 Å². The molecule has 8 nitrogen and oxygen atoms in total. The smallest absolute Gasteiger partial charge is 0.339 e. The predicted molar refractivity (Wildman–Crippen MR) is 137 cm³/mol. The van der Waals surface area contributed by atoms with Crippen molar-refractivity contribution in [3.05, 3.63) is 88.8 Å². The van der Waals surface area contributed by atoms with Crippen LogP contribution in [0.4, 0.5) is 4.79 Å². The zero-order chi connectivity index (χ0) is 25.7. The highest BCUT2D eigenvalue weighted by atomic mass is 32.2. The Morgan fingerprint density at radius 1 is 0.861 bits per heavy atom. The average molecular weight is 526 g/mol. The third-order valence-corrected chi connectivity index (χ3v) is 7.38. The lowest BCUT2D eigenvalue weighted by molar-refractivity contribution is -0.123. The number of benzene rings is 3. The lowest BCUT2D eigenvalue weighted by Gasteiger charge is -2.13. The summed E-state index contributed by atoms with van der Waals surface area (Å²) in [6.45, 7) is 2.29. The third-order valence-electron chi connectivity index (χ3n) is 5.21. The number of carbonyl (C=O) groups is 2. The fourth-order valence-corrected chi connectivity index (χ4v) is 5.07. The Morgan fingerprint density at radius 3 is 2.11 bits per heavy atom. The second kappa shape index (κ2) is 10.9. The molecule has 0 aromatic heterocycles. The molecular weight excluding hydrogens is 502 g/mol. The fourth-order valence-electron chi connectivity index (χ4n) is 3.27. The molecule has 36 heavy (non-hydrogen) atoms. The van der Waals surface area contributed by atoms with Crippen LogP contribution in [0.15, 0.2) is 82.6 Å². The molecule has 3 aromatic rings. The number of ether oxygens (including phenoxy) is 2. The van der Waals surface area contributed by atoms with Crippen LogP contribution in [0.3, 0.4) is 0 Å². The highest BCUT2D eigenvalue weighted by Crippen LogP contribution is 2.32. The minimum absolute atomic E-state index is 0.00703. The number of hydrogen-bond donors (Lipinski definition) is 0. The van der Waals surface area contributed by atoms with Crippen LogP contribution in [0.2, 0.25) is 0 Å². The summed E-state index contributed by atoms with van der Waals surface area (Å²) < 4.78 is 40.8. The van der Waals surface area contributed by atoms with Gasteiger partial charge in [0.2, 0.25) is 0 Å². The summed E-state index contributed by atoms with van der Waals surface area (Å²) in [6, 6.07) is 19.5. The van der Waals surface area contributed by atoms with Gasteiger partial charge in [0.05, 0.1) is 18.6 Å². The van der Waals surface area contributed by atoms with Crippen molar-refractivity contribution in [2.75, 3.05) is 20.3 Å². The van der Waals surface area contributed by atoms with Crippen LogP contribution in [0.25, 0.3) is 6.08 Å². The molecule has 0 unspecified atom stereocenters. The standard InChI is InChI=1S/C26H23NO7S2/c1-18-3-7-21(8-4-18)33-16-15-27-25(28)24(35-26(27)29)17-19-5-9-22(10-6-19)34-36(30,31)23-13-11-20(32-2)12-14-23/h3-14,17H,15-16H2,1-2H3/b24-17-. The molecule has 0 bridgehead atoms. The van der Waals surface area contributed by atoms with E-state index in [9.17, 15) is 18.0 Å². The van der Waals surface area contributed by atoms with E-state index in [0.717, 1.165) is 22.2 Å². The molecule has 10 heteroatoms. The maximum atomic E-state index is 12.7. The maximum Gasteiger partial charge on any atom is 0.339 e. The van der Waals surface area contributed by atoms with E-state index in [1.54, 1.807) is 18.2 Å². The summed E-state index contributed by atoms with van der Waals surface area (Å²) in [6.07, 6.45) is 1.58. The summed E-state index contributed by atoms with van der Waals surface area (Å²) in [4.78, 5) is 26.5. The molecule has 0 spiro atoms. The number of methoxy groups -OCH3 is 1. The van der Waals surface area contributed by atoms with E-state index in [1.807, 2.05) is 31.2 Å². The number of imide groups is 1. The Kier molecular flexibility index (Phi) is 7.66. The summed E-state index contributed by atoms with van der Waals surface area (Å²) in [5.74, 6) is 0.908. The highest BCUT2D eigenvalue weighted by Gasteiger charge is 2.34. The van der Waals surface area contributed by atoms with E-state index >= 15 is 0 Å². The lowest BCUT2D eigenvalue weighted by atomic mass is 10.2. The SMILES string of the molecule is COc1ccc(S(=O)(=O)Oc2ccc(/C=C3\SC(=O)N(CCOc4ccc(C)cc4)C3=O)cc2)cc1. The van der Waals surface area contributed by atoms with Crippen molar-refractivity contribution in [3.8, 4) is 17.2 Å². The number of amides is 2. The second-order valence-electron chi connectivity index (χ2n) is 7.78. The van der Waals surface area contributed by atoms with Crippen molar-refractivity contribution in [3.63, 3.8) is 0 Å².